The molecule has 1 aliphatic rings. The molecule has 0 aromatic carbocycles. The zero-order chi connectivity index (χ0) is 10.7. The molecule has 2 heterocycles. The smallest absolute Gasteiger partial charge is 0.265 e. The van der Waals surface area contributed by atoms with E-state index in [9.17, 15) is 4.79 Å². The summed E-state index contributed by atoms with van der Waals surface area (Å²) in [7, 11) is 1.58. The number of nitrogens with one attached hydrogen (secondary N) is 2. The molecule has 1 aromatic rings. The van der Waals surface area contributed by atoms with Crippen LogP contribution in [0.25, 0.3) is 0 Å². The van der Waals surface area contributed by atoms with Crippen LogP contribution in [0.15, 0.2) is 11.4 Å². The first-order chi connectivity index (χ1) is 7.31. The summed E-state index contributed by atoms with van der Waals surface area (Å²) in [5.41, 5.74) is 0. The Morgan fingerprint density at radius 2 is 2.60 bits per heavy atom. The Kier molecular flexibility index (Phi) is 3.23. The predicted molar refractivity (Wildman–Crippen MR) is 59.6 cm³/mol. The third kappa shape index (κ3) is 2.30. The summed E-state index contributed by atoms with van der Waals surface area (Å²) in [4.78, 5) is 12.5. The van der Waals surface area contributed by atoms with E-state index in [1.807, 2.05) is 11.4 Å². The summed E-state index contributed by atoms with van der Waals surface area (Å²) < 4.78 is 5.10. The van der Waals surface area contributed by atoms with E-state index < -0.39 is 0 Å². The van der Waals surface area contributed by atoms with Crippen LogP contribution in [0.4, 0.5) is 0 Å². The minimum absolute atomic E-state index is 0.0319. The molecule has 0 bridgehead atoms. The standard InChI is InChI=1S/C10H14N2O2S/c1-14-8-3-5-15-9(8)10(13)12-7-2-4-11-6-7/h3,5,7,11H,2,4,6H2,1H3,(H,12,13). The summed E-state index contributed by atoms with van der Waals surface area (Å²) in [6.07, 6.45) is 0.999. The van der Waals surface area contributed by atoms with Gasteiger partial charge in [0.15, 0.2) is 0 Å². The van der Waals surface area contributed by atoms with Gasteiger partial charge < -0.3 is 15.4 Å². The lowest BCUT2D eigenvalue weighted by atomic mass is 10.2. The predicted octanol–water partition coefficient (Wildman–Crippen LogP) is 0.848. The minimum atomic E-state index is -0.0319. The fraction of sp³-hybridized carbons (Fsp3) is 0.500. The molecular formula is C10H14N2O2S. The fourth-order valence-electron chi connectivity index (χ4n) is 1.65. The van der Waals surface area contributed by atoms with Gasteiger partial charge in [0.25, 0.3) is 5.91 Å². The highest BCUT2D eigenvalue weighted by Gasteiger charge is 2.20. The highest BCUT2D eigenvalue weighted by Crippen LogP contribution is 2.24. The van der Waals surface area contributed by atoms with Crippen LogP contribution < -0.4 is 15.4 Å². The minimum Gasteiger partial charge on any atom is -0.495 e. The second-order valence-corrected chi connectivity index (χ2v) is 4.40. The Bertz CT molecular complexity index is 345. The number of carbonyl (C=O) groups is 1. The molecule has 1 unspecified atom stereocenters. The average Bonchev–Trinajstić information content (AvgIpc) is 2.86. The Morgan fingerprint density at radius 1 is 1.73 bits per heavy atom. The number of thiophene rings is 1. The third-order valence-corrected chi connectivity index (χ3v) is 3.35. The van der Waals surface area contributed by atoms with Crippen molar-refractivity contribution in [2.75, 3.05) is 20.2 Å². The molecule has 2 N–H and O–H groups in total. The van der Waals surface area contributed by atoms with Gasteiger partial charge in [-0.15, -0.1) is 11.3 Å². The maximum absolute atomic E-state index is 11.8. The van der Waals surface area contributed by atoms with Gasteiger partial charge in [-0.3, -0.25) is 4.79 Å². The normalized spacial score (nSPS) is 20.2. The molecular weight excluding hydrogens is 212 g/mol. The molecule has 0 radical (unpaired) electrons. The van der Waals surface area contributed by atoms with Crippen molar-refractivity contribution in [3.63, 3.8) is 0 Å². The topological polar surface area (TPSA) is 50.4 Å². The van der Waals surface area contributed by atoms with Crippen molar-refractivity contribution in [2.45, 2.75) is 12.5 Å². The lowest BCUT2D eigenvalue weighted by molar-refractivity contribution is 0.0941. The molecule has 1 saturated heterocycles. The second-order valence-electron chi connectivity index (χ2n) is 3.48. The van der Waals surface area contributed by atoms with Gasteiger partial charge in [-0.05, 0) is 24.4 Å². The highest BCUT2D eigenvalue weighted by molar-refractivity contribution is 7.12. The quantitative estimate of drug-likeness (QED) is 0.803. The molecule has 15 heavy (non-hydrogen) atoms. The molecule has 2 rings (SSSR count). The number of amides is 1. The average molecular weight is 226 g/mol. The summed E-state index contributed by atoms with van der Waals surface area (Å²) in [5.74, 6) is 0.624. The number of rotatable bonds is 3. The molecule has 5 heteroatoms. The van der Waals surface area contributed by atoms with Gasteiger partial charge in [0.2, 0.25) is 0 Å². The van der Waals surface area contributed by atoms with Crippen molar-refractivity contribution in [1.82, 2.24) is 10.6 Å². The summed E-state index contributed by atoms with van der Waals surface area (Å²) in [6.45, 7) is 1.84. The van der Waals surface area contributed by atoms with Crippen LogP contribution in [0.2, 0.25) is 0 Å². The Morgan fingerprint density at radius 3 is 3.27 bits per heavy atom. The maximum Gasteiger partial charge on any atom is 0.265 e. The van der Waals surface area contributed by atoms with E-state index in [-0.39, 0.29) is 11.9 Å². The molecule has 82 valence electrons. The first-order valence-electron chi connectivity index (χ1n) is 4.94. The summed E-state index contributed by atoms with van der Waals surface area (Å²) in [6, 6.07) is 2.07. The van der Waals surface area contributed by atoms with Crippen LogP contribution in [0.3, 0.4) is 0 Å². The molecule has 0 aliphatic carbocycles. The van der Waals surface area contributed by atoms with E-state index in [1.54, 1.807) is 7.11 Å². The number of hydrogen-bond donors (Lipinski definition) is 2. The van der Waals surface area contributed by atoms with Crippen LogP contribution in [0, 0.1) is 0 Å². The monoisotopic (exact) mass is 226 g/mol. The molecule has 1 amide bonds. The van der Waals surface area contributed by atoms with Crippen molar-refractivity contribution in [3.8, 4) is 5.75 Å². The zero-order valence-electron chi connectivity index (χ0n) is 8.58. The molecule has 1 fully saturated rings. The molecule has 1 atom stereocenters. The highest BCUT2D eigenvalue weighted by atomic mass is 32.1. The van der Waals surface area contributed by atoms with Crippen LogP contribution in [0.1, 0.15) is 16.1 Å². The van der Waals surface area contributed by atoms with Crippen molar-refractivity contribution in [1.29, 1.82) is 0 Å². The molecule has 1 aromatic heterocycles. The fourth-order valence-corrected chi connectivity index (χ4v) is 2.41. The first kappa shape index (κ1) is 10.4. The number of methoxy groups -OCH3 is 1. The second kappa shape index (κ2) is 4.63. The van der Waals surface area contributed by atoms with Crippen LogP contribution >= 0.6 is 11.3 Å². The Labute approximate surface area is 92.6 Å². The summed E-state index contributed by atoms with van der Waals surface area (Å²) >= 11 is 1.41. The van der Waals surface area contributed by atoms with Gasteiger partial charge in [0.05, 0.1) is 7.11 Å². The largest absolute Gasteiger partial charge is 0.495 e. The maximum atomic E-state index is 11.8. The lowest BCUT2D eigenvalue weighted by Crippen LogP contribution is -2.35. The van der Waals surface area contributed by atoms with E-state index in [2.05, 4.69) is 10.6 Å². The van der Waals surface area contributed by atoms with Gasteiger partial charge in [0, 0.05) is 12.6 Å². The van der Waals surface area contributed by atoms with Crippen molar-refractivity contribution < 1.29 is 9.53 Å². The molecule has 0 spiro atoms. The number of hydrogen-bond acceptors (Lipinski definition) is 4. The van der Waals surface area contributed by atoms with E-state index in [4.69, 9.17) is 4.74 Å². The third-order valence-electron chi connectivity index (χ3n) is 2.45. The van der Waals surface area contributed by atoms with Gasteiger partial charge in [-0.1, -0.05) is 0 Å². The summed E-state index contributed by atoms with van der Waals surface area (Å²) in [5, 5.41) is 8.06. The first-order valence-corrected chi connectivity index (χ1v) is 5.82. The zero-order valence-corrected chi connectivity index (χ0v) is 9.39. The van der Waals surface area contributed by atoms with Crippen LogP contribution in [-0.2, 0) is 0 Å². The van der Waals surface area contributed by atoms with E-state index in [1.165, 1.54) is 11.3 Å². The van der Waals surface area contributed by atoms with Gasteiger partial charge in [0.1, 0.15) is 10.6 Å². The van der Waals surface area contributed by atoms with Crippen molar-refractivity contribution in [2.24, 2.45) is 0 Å². The molecule has 4 nitrogen and oxygen atoms in total. The van der Waals surface area contributed by atoms with Crippen molar-refractivity contribution >= 4 is 17.2 Å². The Hall–Kier alpha value is -1.07. The number of ether oxygens (including phenoxy) is 1. The van der Waals surface area contributed by atoms with Gasteiger partial charge in [-0.2, -0.15) is 0 Å². The molecule has 1 aliphatic heterocycles. The van der Waals surface area contributed by atoms with Crippen molar-refractivity contribution in [3.05, 3.63) is 16.3 Å². The van der Waals surface area contributed by atoms with Gasteiger partial charge >= 0.3 is 0 Å². The van der Waals surface area contributed by atoms with Crippen LogP contribution in [0.5, 0.6) is 5.75 Å². The van der Waals surface area contributed by atoms with E-state index in [0.29, 0.717) is 10.6 Å². The number of carbonyl (C=O) groups excluding carboxylic acids is 1. The van der Waals surface area contributed by atoms with E-state index in [0.717, 1.165) is 19.5 Å². The van der Waals surface area contributed by atoms with E-state index >= 15 is 0 Å². The Balaban J connectivity index is 2.00. The van der Waals surface area contributed by atoms with Gasteiger partial charge in [-0.25, -0.2) is 0 Å². The molecule has 0 saturated carbocycles. The lowest BCUT2D eigenvalue weighted by Gasteiger charge is -2.10. The SMILES string of the molecule is COc1ccsc1C(=O)NC1CCNC1. The van der Waals surface area contributed by atoms with Crippen LogP contribution in [-0.4, -0.2) is 32.1 Å².